The van der Waals surface area contributed by atoms with Gasteiger partial charge in [0.15, 0.2) is 6.29 Å². The summed E-state index contributed by atoms with van der Waals surface area (Å²) in [5, 5.41) is 0. The predicted molar refractivity (Wildman–Crippen MR) is 42.9 cm³/mol. The number of halogens is 2. The Morgan fingerprint density at radius 1 is 1.38 bits per heavy atom. The van der Waals surface area contributed by atoms with E-state index >= 15 is 0 Å². The van der Waals surface area contributed by atoms with E-state index < -0.39 is 17.2 Å². The highest BCUT2D eigenvalue weighted by atomic mass is 19.1. The van der Waals surface area contributed by atoms with Crippen molar-refractivity contribution in [3.63, 3.8) is 0 Å². The van der Waals surface area contributed by atoms with Crippen molar-refractivity contribution in [2.45, 2.75) is 6.92 Å². The first kappa shape index (κ1) is 9.64. The smallest absolute Gasteiger partial charge is 0.155 e. The van der Waals surface area contributed by atoms with E-state index in [-0.39, 0.29) is 12.0 Å². The number of benzene rings is 1. The van der Waals surface area contributed by atoms with Gasteiger partial charge in [0.2, 0.25) is 0 Å². The van der Waals surface area contributed by atoms with Crippen LogP contribution < -0.4 is 4.74 Å². The van der Waals surface area contributed by atoms with Crippen LogP contribution >= 0.6 is 0 Å². The summed E-state index contributed by atoms with van der Waals surface area (Å²) in [5.74, 6) is -1.72. The molecule has 0 bridgehead atoms. The highest BCUT2D eigenvalue weighted by molar-refractivity contribution is 5.75. The zero-order valence-electron chi connectivity index (χ0n) is 7.01. The van der Waals surface area contributed by atoms with Crippen LogP contribution in [0.2, 0.25) is 0 Å². The Kier molecular flexibility index (Phi) is 2.95. The van der Waals surface area contributed by atoms with Crippen molar-refractivity contribution in [3.8, 4) is 5.75 Å². The number of carbonyl (C=O) groups excluding carboxylic acids is 1. The van der Waals surface area contributed by atoms with Crippen LogP contribution in [-0.4, -0.2) is 12.9 Å². The average molecular weight is 186 g/mol. The summed E-state index contributed by atoms with van der Waals surface area (Å²) in [4.78, 5) is 10.2. The number of carbonyl (C=O) groups is 1. The monoisotopic (exact) mass is 186 g/mol. The summed E-state index contributed by atoms with van der Waals surface area (Å²) in [6.07, 6.45) is 0.139. The lowest BCUT2D eigenvalue weighted by molar-refractivity contribution is 0.111. The van der Waals surface area contributed by atoms with E-state index in [4.69, 9.17) is 4.74 Å². The largest absolute Gasteiger partial charge is 0.494 e. The van der Waals surface area contributed by atoms with Crippen LogP contribution in [0, 0.1) is 11.6 Å². The lowest BCUT2D eigenvalue weighted by Gasteiger charge is -2.04. The van der Waals surface area contributed by atoms with Gasteiger partial charge in [0.25, 0.3) is 0 Å². The minimum absolute atomic E-state index is 0.0862. The minimum Gasteiger partial charge on any atom is -0.494 e. The predicted octanol–water partition coefficient (Wildman–Crippen LogP) is 2.18. The molecule has 0 amide bonds. The van der Waals surface area contributed by atoms with E-state index in [1.165, 1.54) is 0 Å². The zero-order chi connectivity index (χ0) is 9.84. The van der Waals surface area contributed by atoms with Crippen molar-refractivity contribution in [1.82, 2.24) is 0 Å². The van der Waals surface area contributed by atoms with E-state index in [2.05, 4.69) is 0 Å². The molecule has 1 rings (SSSR count). The van der Waals surface area contributed by atoms with Crippen molar-refractivity contribution >= 4 is 6.29 Å². The van der Waals surface area contributed by atoms with Crippen LogP contribution in [0.15, 0.2) is 12.1 Å². The molecule has 70 valence electrons. The number of hydrogen-bond donors (Lipinski definition) is 0. The molecule has 0 radical (unpaired) electrons. The molecule has 1 aromatic rings. The number of ether oxygens (including phenoxy) is 1. The highest BCUT2D eigenvalue weighted by Gasteiger charge is 2.10. The van der Waals surface area contributed by atoms with Crippen LogP contribution in [0.25, 0.3) is 0 Å². The minimum atomic E-state index is -0.904. The Labute approximate surface area is 74.1 Å². The summed E-state index contributed by atoms with van der Waals surface area (Å²) in [6.45, 7) is 2.02. The Morgan fingerprint density at radius 2 is 1.92 bits per heavy atom. The summed E-state index contributed by atoms with van der Waals surface area (Å²) in [5.41, 5.74) is -0.566. The molecule has 0 aromatic heterocycles. The molecule has 0 saturated heterocycles. The third kappa shape index (κ3) is 2.02. The molecule has 0 fully saturated rings. The summed E-state index contributed by atoms with van der Waals surface area (Å²) in [6, 6.07) is 1.96. The molecule has 13 heavy (non-hydrogen) atoms. The van der Waals surface area contributed by atoms with Crippen molar-refractivity contribution < 1.29 is 18.3 Å². The van der Waals surface area contributed by atoms with Crippen LogP contribution in [0.1, 0.15) is 17.3 Å². The number of aldehydes is 1. The lowest BCUT2D eigenvalue weighted by atomic mass is 10.2. The van der Waals surface area contributed by atoms with Crippen LogP contribution in [0.3, 0.4) is 0 Å². The summed E-state index contributed by atoms with van der Waals surface area (Å²) < 4.78 is 30.6. The topological polar surface area (TPSA) is 26.3 Å². The lowest BCUT2D eigenvalue weighted by Crippen LogP contribution is -1.97. The molecule has 0 aliphatic carbocycles. The maximum absolute atomic E-state index is 12.9. The van der Waals surface area contributed by atoms with Crippen molar-refractivity contribution in [2.75, 3.05) is 6.61 Å². The quantitative estimate of drug-likeness (QED) is 0.676. The molecule has 4 heteroatoms. The van der Waals surface area contributed by atoms with Crippen LogP contribution in [-0.2, 0) is 0 Å². The first-order chi connectivity index (χ1) is 6.19. The Balaban J connectivity index is 3.12. The van der Waals surface area contributed by atoms with Gasteiger partial charge in [-0.3, -0.25) is 4.79 Å². The van der Waals surface area contributed by atoms with Crippen molar-refractivity contribution in [3.05, 3.63) is 29.3 Å². The van der Waals surface area contributed by atoms with Gasteiger partial charge in [0, 0.05) is 12.1 Å². The van der Waals surface area contributed by atoms with Gasteiger partial charge < -0.3 is 4.74 Å². The third-order valence-electron chi connectivity index (χ3n) is 1.48. The second-order valence-corrected chi connectivity index (χ2v) is 2.35. The molecule has 0 spiro atoms. The SMILES string of the molecule is CCOc1cc(F)c(C=O)c(F)c1. The van der Waals surface area contributed by atoms with Gasteiger partial charge in [-0.25, -0.2) is 8.78 Å². The standard InChI is InChI=1S/C9H8F2O2/c1-2-13-6-3-8(10)7(5-12)9(11)4-6/h3-5H,2H2,1H3. The molecule has 1 aromatic carbocycles. The Bertz CT molecular complexity index is 300. The molecule has 2 nitrogen and oxygen atoms in total. The highest BCUT2D eigenvalue weighted by Crippen LogP contribution is 2.19. The van der Waals surface area contributed by atoms with E-state index in [0.717, 1.165) is 12.1 Å². The average Bonchev–Trinajstić information content (AvgIpc) is 2.04. The molecular formula is C9H8F2O2. The van der Waals surface area contributed by atoms with E-state index in [0.29, 0.717) is 6.61 Å². The second kappa shape index (κ2) is 3.98. The van der Waals surface area contributed by atoms with E-state index in [1.54, 1.807) is 6.92 Å². The van der Waals surface area contributed by atoms with Gasteiger partial charge in [0.05, 0.1) is 12.2 Å². The van der Waals surface area contributed by atoms with Gasteiger partial charge in [-0.2, -0.15) is 0 Å². The van der Waals surface area contributed by atoms with E-state index in [9.17, 15) is 13.6 Å². The molecule has 0 saturated carbocycles. The zero-order valence-corrected chi connectivity index (χ0v) is 7.01. The fraction of sp³-hybridized carbons (Fsp3) is 0.222. The van der Waals surface area contributed by atoms with Crippen molar-refractivity contribution in [1.29, 1.82) is 0 Å². The first-order valence-electron chi connectivity index (χ1n) is 3.76. The van der Waals surface area contributed by atoms with Crippen LogP contribution in [0.5, 0.6) is 5.75 Å². The number of hydrogen-bond acceptors (Lipinski definition) is 2. The fourth-order valence-corrected chi connectivity index (χ4v) is 0.924. The Morgan fingerprint density at radius 3 is 2.31 bits per heavy atom. The molecule has 0 N–H and O–H groups in total. The fourth-order valence-electron chi connectivity index (χ4n) is 0.924. The maximum atomic E-state index is 12.9. The van der Waals surface area contributed by atoms with Crippen LogP contribution in [0.4, 0.5) is 8.78 Å². The number of rotatable bonds is 3. The maximum Gasteiger partial charge on any atom is 0.155 e. The molecule has 0 unspecified atom stereocenters. The van der Waals surface area contributed by atoms with Gasteiger partial charge >= 0.3 is 0 Å². The normalized spacial score (nSPS) is 9.77. The first-order valence-corrected chi connectivity index (χ1v) is 3.76. The van der Waals surface area contributed by atoms with Gasteiger partial charge in [-0.1, -0.05) is 0 Å². The van der Waals surface area contributed by atoms with Crippen molar-refractivity contribution in [2.24, 2.45) is 0 Å². The van der Waals surface area contributed by atoms with Gasteiger partial charge in [-0.05, 0) is 6.92 Å². The van der Waals surface area contributed by atoms with Gasteiger partial charge in [0.1, 0.15) is 17.4 Å². The summed E-state index contributed by atoms with van der Waals surface area (Å²) in [7, 11) is 0. The Hall–Kier alpha value is -1.45. The molecule has 0 heterocycles. The second-order valence-electron chi connectivity index (χ2n) is 2.35. The molecule has 0 atom stereocenters. The molecule has 0 aliphatic rings. The molecular weight excluding hydrogens is 178 g/mol. The summed E-state index contributed by atoms with van der Waals surface area (Å²) >= 11 is 0. The molecule has 0 aliphatic heterocycles. The van der Waals surface area contributed by atoms with Gasteiger partial charge in [-0.15, -0.1) is 0 Å². The van der Waals surface area contributed by atoms with E-state index in [1.807, 2.05) is 0 Å². The third-order valence-corrected chi connectivity index (χ3v) is 1.48.